The molecule has 0 radical (unpaired) electrons. The number of nitrogens with one attached hydrogen (secondary N) is 1. The van der Waals surface area contributed by atoms with E-state index in [-0.39, 0.29) is 18.0 Å². The first-order chi connectivity index (χ1) is 12.7. The molecule has 1 atom stereocenters. The predicted octanol–water partition coefficient (Wildman–Crippen LogP) is 2.79. The van der Waals surface area contributed by atoms with Gasteiger partial charge in [0.1, 0.15) is 11.4 Å². The molecule has 1 saturated heterocycles. The first-order valence-corrected chi connectivity index (χ1v) is 9.73. The van der Waals surface area contributed by atoms with Crippen molar-refractivity contribution in [3.05, 3.63) is 17.3 Å². The van der Waals surface area contributed by atoms with E-state index < -0.39 is 5.60 Å². The van der Waals surface area contributed by atoms with Crippen molar-refractivity contribution in [3.63, 3.8) is 0 Å². The second-order valence-corrected chi connectivity index (χ2v) is 8.33. The first kappa shape index (κ1) is 19.5. The van der Waals surface area contributed by atoms with E-state index in [0.717, 1.165) is 42.1 Å². The molecule has 1 aromatic rings. The van der Waals surface area contributed by atoms with E-state index in [1.54, 1.807) is 4.90 Å². The number of pyridine rings is 1. The van der Waals surface area contributed by atoms with Gasteiger partial charge in [0.25, 0.3) is 0 Å². The van der Waals surface area contributed by atoms with Crippen LogP contribution in [0.2, 0.25) is 0 Å². The van der Waals surface area contributed by atoms with Crippen molar-refractivity contribution in [2.24, 2.45) is 0 Å². The smallest absolute Gasteiger partial charge is 0.407 e. The van der Waals surface area contributed by atoms with Crippen molar-refractivity contribution >= 4 is 23.5 Å². The van der Waals surface area contributed by atoms with Gasteiger partial charge in [-0.25, -0.2) is 9.78 Å². The number of anilines is 2. The van der Waals surface area contributed by atoms with Crippen LogP contribution < -0.4 is 15.1 Å². The number of amides is 2. The molecule has 0 aromatic carbocycles. The summed E-state index contributed by atoms with van der Waals surface area (Å²) in [6, 6.07) is 2.08. The number of hydrogen-bond acceptors (Lipinski definition) is 5. The van der Waals surface area contributed by atoms with Crippen molar-refractivity contribution in [1.82, 2.24) is 10.3 Å². The van der Waals surface area contributed by atoms with Gasteiger partial charge in [0, 0.05) is 42.6 Å². The molecule has 1 aromatic heterocycles. The van der Waals surface area contributed by atoms with Crippen LogP contribution >= 0.6 is 0 Å². The molecule has 0 bridgehead atoms. The summed E-state index contributed by atoms with van der Waals surface area (Å²) in [5.41, 5.74) is 2.47. The molecule has 1 N–H and O–H groups in total. The Hall–Kier alpha value is -2.31. The lowest BCUT2D eigenvalue weighted by Crippen LogP contribution is -2.49. The topological polar surface area (TPSA) is 74.8 Å². The maximum Gasteiger partial charge on any atom is 0.407 e. The lowest BCUT2D eigenvalue weighted by Gasteiger charge is -2.36. The highest BCUT2D eigenvalue weighted by atomic mass is 16.6. The second kappa shape index (κ2) is 7.37. The van der Waals surface area contributed by atoms with Crippen LogP contribution in [0.25, 0.3) is 0 Å². The maximum absolute atomic E-state index is 12.3. The Labute approximate surface area is 161 Å². The average Bonchev–Trinajstić information content (AvgIpc) is 2.87. The molecule has 3 rings (SSSR count). The number of aryl methyl sites for hydroxylation is 1. The van der Waals surface area contributed by atoms with Crippen LogP contribution in [0.5, 0.6) is 0 Å². The van der Waals surface area contributed by atoms with E-state index >= 15 is 0 Å². The zero-order valence-corrected chi connectivity index (χ0v) is 17.0. The van der Waals surface area contributed by atoms with Gasteiger partial charge in [0.05, 0.1) is 6.42 Å². The summed E-state index contributed by atoms with van der Waals surface area (Å²) in [6.07, 6.45) is 1.91. The number of likely N-dealkylation sites (N-methyl/N-ethyl adjacent to an activating group) is 1. The van der Waals surface area contributed by atoms with Crippen LogP contribution in [0.1, 0.15) is 51.8 Å². The van der Waals surface area contributed by atoms with Crippen LogP contribution in [0.4, 0.5) is 16.3 Å². The van der Waals surface area contributed by atoms with Crippen molar-refractivity contribution in [3.8, 4) is 0 Å². The van der Waals surface area contributed by atoms with E-state index in [9.17, 15) is 9.59 Å². The molecule has 0 spiro atoms. The van der Waals surface area contributed by atoms with E-state index in [4.69, 9.17) is 4.74 Å². The Balaban J connectivity index is 1.78. The molecule has 2 aliphatic rings. The second-order valence-electron chi connectivity index (χ2n) is 8.33. The number of carbonyl (C=O) groups excluding carboxylic acids is 2. The maximum atomic E-state index is 12.3. The highest BCUT2D eigenvalue weighted by Gasteiger charge is 2.33. The third kappa shape index (κ3) is 4.34. The van der Waals surface area contributed by atoms with Gasteiger partial charge >= 0.3 is 6.09 Å². The Morgan fingerprint density at radius 2 is 2.15 bits per heavy atom. The molecule has 27 heavy (non-hydrogen) atoms. The Morgan fingerprint density at radius 3 is 2.81 bits per heavy atom. The summed E-state index contributed by atoms with van der Waals surface area (Å²) in [7, 11) is 0. The molecule has 0 aliphatic carbocycles. The molecular formula is C20H30N4O3. The van der Waals surface area contributed by atoms with Gasteiger partial charge in [-0.15, -0.1) is 0 Å². The van der Waals surface area contributed by atoms with Crippen LogP contribution in [0, 0.1) is 6.92 Å². The van der Waals surface area contributed by atoms with Crippen molar-refractivity contribution in [1.29, 1.82) is 0 Å². The number of carbonyl (C=O) groups is 2. The quantitative estimate of drug-likeness (QED) is 0.881. The summed E-state index contributed by atoms with van der Waals surface area (Å²) >= 11 is 0. The van der Waals surface area contributed by atoms with Gasteiger partial charge in [-0.1, -0.05) is 0 Å². The lowest BCUT2D eigenvalue weighted by molar-refractivity contribution is -0.117. The zero-order chi connectivity index (χ0) is 19.8. The molecule has 148 valence electrons. The molecule has 2 aliphatic heterocycles. The van der Waals surface area contributed by atoms with Crippen LogP contribution in [-0.2, 0) is 16.0 Å². The van der Waals surface area contributed by atoms with Crippen LogP contribution in [0.15, 0.2) is 6.07 Å². The standard InChI is InChI=1S/C20H30N4O3/c1-6-24-17(25)11-15-16(10-13(2)21-18(15)24)23-9-7-8-14(12-23)22-19(26)27-20(3,4)5/h10,14H,6-9,11-12H2,1-5H3,(H,22,26)/t14-/m1/s1. The lowest BCUT2D eigenvalue weighted by atomic mass is 10.0. The fourth-order valence-electron chi connectivity index (χ4n) is 3.82. The largest absolute Gasteiger partial charge is 0.444 e. The fraction of sp³-hybridized carbons (Fsp3) is 0.650. The molecule has 2 amide bonds. The number of alkyl carbamates (subject to hydrolysis) is 1. The number of fused-ring (bicyclic) bond motifs is 1. The van der Waals surface area contributed by atoms with Crippen molar-refractivity contribution < 1.29 is 14.3 Å². The minimum absolute atomic E-state index is 0.0251. The SMILES string of the molecule is CCN1C(=O)Cc2c(N3CCC[C@@H](NC(=O)OC(C)(C)C)C3)cc(C)nc21. The fourth-order valence-corrected chi connectivity index (χ4v) is 3.82. The monoisotopic (exact) mass is 374 g/mol. The summed E-state index contributed by atoms with van der Waals surface area (Å²) in [5, 5.41) is 2.99. The number of rotatable bonds is 3. The van der Waals surface area contributed by atoms with Gasteiger partial charge in [0.2, 0.25) is 5.91 Å². The number of hydrogen-bond donors (Lipinski definition) is 1. The summed E-state index contributed by atoms with van der Waals surface area (Å²) in [4.78, 5) is 33.1. The average molecular weight is 374 g/mol. The van der Waals surface area contributed by atoms with Gasteiger partial charge in [-0.05, 0) is 53.5 Å². The molecule has 0 unspecified atom stereocenters. The highest BCUT2D eigenvalue weighted by molar-refractivity contribution is 6.02. The zero-order valence-electron chi connectivity index (χ0n) is 17.0. The minimum Gasteiger partial charge on any atom is -0.444 e. The third-order valence-corrected chi connectivity index (χ3v) is 4.89. The van der Waals surface area contributed by atoms with E-state index in [1.165, 1.54) is 0 Å². The van der Waals surface area contributed by atoms with Gasteiger partial charge in [-0.2, -0.15) is 0 Å². The van der Waals surface area contributed by atoms with Gasteiger partial charge in [0.15, 0.2) is 0 Å². The van der Waals surface area contributed by atoms with Crippen LogP contribution in [0.3, 0.4) is 0 Å². The molecule has 0 saturated carbocycles. The number of piperidine rings is 1. The van der Waals surface area contributed by atoms with Gasteiger partial charge < -0.3 is 15.0 Å². The summed E-state index contributed by atoms with van der Waals surface area (Å²) in [5.74, 6) is 0.895. The van der Waals surface area contributed by atoms with Crippen molar-refractivity contribution in [2.75, 3.05) is 29.4 Å². The van der Waals surface area contributed by atoms with E-state index in [0.29, 0.717) is 19.5 Å². The first-order valence-electron chi connectivity index (χ1n) is 9.73. The predicted molar refractivity (Wildman–Crippen MR) is 105 cm³/mol. The molecule has 3 heterocycles. The number of aromatic nitrogens is 1. The van der Waals surface area contributed by atoms with Crippen molar-refractivity contribution in [2.45, 2.75) is 65.5 Å². The molecule has 1 fully saturated rings. The number of nitrogens with zero attached hydrogens (tertiary/aromatic N) is 3. The van der Waals surface area contributed by atoms with E-state index in [2.05, 4.69) is 21.3 Å². The third-order valence-electron chi connectivity index (χ3n) is 4.89. The highest BCUT2D eigenvalue weighted by Crippen LogP contribution is 2.36. The Bertz CT molecular complexity index is 741. The summed E-state index contributed by atoms with van der Waals surface area (Å²) < 4.78 is 5.39. The minimum atomic E-state index is -0.508. The summed E-state index contributed by atoms with van der Waals surface area (Å²) in [6.45, 7) is 11.7. The molecule has 7 heteroatoms. The van der Waals surface area contributed by atoms with Gasteiger partial charge in [-0.3, -0.25) is 9.69 Å². The molecular weight excluding hydrogens is 344 g/mol. The number of ether oxygens (including phenoxy) is 1. The Morgan fingerprint density at radius 1 is 1.41 bits per heavy atom. The van der Waals surface area contributed by atoms with E-state index in [1.807, 2.05) is 34.6 Å². The van der Waals surface area contributed by atoms with Crippen LogP contribution in [-0.4, -0.2) is 48.3 Å². The Kier molecular flexibility index (Phi) is 5.31. The normalized spacial score (nSPS) is 19.9. The molecule has 7 nitrogen and oxygen atoms in total.